The summed E-state index contributed by atoms with van der Waals surface area (Å²) in [6.45, 7) is 9.64. The molecule has 2 aromatic rings. The maximum absolute atomic E-state index is 6.17. The minimum Gasteiger partial charge on any atom is -0.374 e. The molecule has 0 aromatic heterocycles. The third-order valence-electron chi connectivity index (χ3n) is 4.61. The van der Waals surface area contributed by atoms with Crippen LogP contribution in [0.15, 0.2) is 73.3 Å². The molecule has 1 unspecified atom stereocenters. The molecule has 27 heavy (non-hydrogen) atoms. The zero-order valence-corrected chi connectivity index (χ0v) is 16.1. The normalized spacial score (nSPS) is 22.4. The average Bonchev–Trinajstić information content (AvgIpc) is 2.98. The first-order chi connectivity index (χ1) is 13.1. The molecule has 1 aliphatic rings. The SMILES string of the molecule is C=C[C@@H](NCc1ccccc1)[C@@H]1OC(C)(C)OC1COCc1ccccc1. The molecule has 0 radical (unpaired) electrons. The second-order valence-electron chi connectivity index (χ2n) is 7.27. The molecule has 3 rings (SSSR count). The highest BCUT2D eigenvalue weighted by Crippen LogP contribution is 2.30. The van der Waals surface area contributed by atoms with Gasteiger partial charge >= 0.3 is 0 Å². The number of hydrogen-bond acceptors (Lipinski definition) is 4. The van der Waals surface area contributed by atoms with E-state index in [4.69, 9.17) is 14.2 Å². The first-order valence-electron chi connectivity index (χ1n) is 9.44. The van der Waals surface area contributed by atoms with Gasteiger partial charge in [0.05, 0.1) is 19.3 Å². The molecular formula is C23H29NO3. The molecule has 1 heterocycles. The molecule has 4 nitrogen and oxygen atoms in total. The minimum absolute atomic E-state index is 0.0303. The Morgan fingerprint density at radius 2 is 1.67 bits per heavy atom. The van der Waals surface area contributed by atoms with Gasteiger partial charge in [0.2, 0.25) is 0 Å². The van der Waals surface area contributed by atoms with Crippen LogP contribution in [0.3, 0.4) is 0 Å². The second kappa shape index (κ2) is 9.29. The van der Waals surface area contributed by atoms with Crippen molar-refractivity contribution in [1.29, 1.82) is 0 Å². The summed E-state index contributed by atoms with van der Waals surface area (Å²) in [7, 11) is 0. The van der Waals surface area contributed by atoms with Crippen LogP contribution >= 0.6 is 0 Å². The summed E-state index contributed by atoms with van der Waals surface area (Å²) in [6.07, 6.45) is 1.58. The fourth-order valence-corrected chi connectivity index (χ4v) is 3.33. The summed E-state index contributed by atoms with van der Waals surface area (Å²) in [5.41, 5.74) is 2.37. The third kappa shape index (κ3) is 5.75. The van der Waals surface area contributed by atoms with E-state index in [1.165, 1.54) is 5.56 Å². The predicted octanol–water partition coefficient (Wildman–Crippen LogP) is 4.07. The van der Waals surface area contributed by atoms with Gasteiger partial charge in [-0.2, -0.15) is 0 Å². The lowest BCUT2D eigenvalue weighted by Crippen LogP contribution is -2.45. The van der Waals surface area contributed by atoms with Crippen molar-refractivity contribution in [2.24, 2.45) is 0 Å². The van der Waals surface area contributed by atoms with Gasteiger partial charge in [-0.1, -0.05) is 66.7 Å². The maximum atomic E-state index is 6.17. The molecule has 1 fully saturated rings. The summed E-state index contributed by atoms with van der Waals surface area (Å²) < 4.78 is 18.2. The van der Waals surface area contributed by atoms with E-state index in [1.54, 1.807) is 0 Å². The topological polar surface area (TPSA) is 39.7 Å². The number of hydrogen-bond donors (Lipinski definition) is 1. The van der Waals surface area contributed by atoms with Crippen LogP contribution < -0.4 is 5.32 Å². The summed E-state index contributed by atoms with van der Waals surface area (Å²) in [5, 5.41) is 3.52. The van der Waals surface area contributed by atoms with Crippen LogP contribution in [0.2, 0.25) is 0 Å². The molecule has 0 saturated carbocycles. The summed E-state index contributed by atoms with van der Waals surface area (Å²) >= 11 is 0. The lowest BCUT2D eigenvalue weighted by Gasteiger charge is -2.25. The Kier molecular flexibility index (Phi) is 6.80. The summed E-state index contributed by atoms with van der Waals surface area (Å²) in [5.74, 6) is -0.638. The fraction of sp³-hybridized carbons (Fsp3) is 0.391. The molecule has 3 atom stereocenters. The highest BCUT2D eigenvalue weighted by atomic mass is 16.8. The maximum Gasteiger partial charge on any atom is 0.163 e. The van der Waals surface area contributed by atoms with E-state index in [-0.39, 0.29) is 18.2 Å². The van der Waals surface area contributed by atoms with Crippen molar-refractivity contribution in [3.05, 3.63) is 84.4 Å². The Morgan fingerprint density at radius 1 is 1.04 bits per heavy atom. The molecule has 1 saturated heterocycles. The van der Waals surface area contributed by atoms with Crippen LogP contribution in [0.25, 0.3) is 0 Å². The molecule has 144 valence electrons. The minimum atomic E-state index is -0.638. The van der Waals surface area contributed by atoms with Gasteiger partial charge < -0.3 is 19.5 Å². The highest BCUT2D eigenvalue weighted by molar-refractivity contribution is 5.15. The largest absolute Gasteiger partial charge is 0.374 e. The first-order valence-corrected chi connectivity index (χ1v) is 9.44. The smallest absolute Gasteiger partial charge is 0.163 e. The third-order valence-corrected chi connectivity index (χ3v) is 4.61. The lowest BCUT2D eigenvalue weighted by molar-refractivity contribution is -0.152. The summed E-state index contributed by atoms with van der Waals surface area (Å²) in [6, 6.07) is 20.4. The van der Waals surface area contributed by atoms with Crippen molar-refractivity contribution in [2.75, 3.05) is 6.61 Å². The van der Waals surface area contributed by atoms with Crippen molar-refractivity contribution < 1.29 is 14.2 Å². The molecule has 0 bridgehead atoms. The zero-order chi connectivity index (χ0) is 19.1. The van der Waals surface area contributed by atoms with Gasteiger partial charge in [-0.15, -0.1) is 6.58 Å². The van der Waals surface area contributed by atoms with Crippen LogP contribution in [0, 0.1) is 0 Å². The Morgan fingerprint density at radius 3 is 2.30 bits per heavy atom. The van der Waals surface area contributed by atoms with Gasteiger partial charge in [0.1, 0.15) is 12.2 Å². The van der Waals surface area contributed by atoms with E-state index >= 15 is 0 Å². The van der Waals surface area contributed by atoms with Gasteiger partial charge in [0.15, 0.2) is 5.79 Å². The van der Waals surface area contributed by atoms with Crippen LogP contribution in [-0.2, 0) is 27.4 Å². The standard InChI is InChI=1S/C23H29NO3/c1-4-20(24-15-18-11-7-5-8-12-18)22-21(26-23(2,3)27-22)17-25-16-19-13-9-6-10-14-19/h4-14,20-22,24H,1,15-17H2,2-3H3/t20-,21?,22+/m1/s1. The van der Waals surface area contributed by atoms with Gasteiger partial charge in [0.25, 0.3) is 0 Å². The van der Waals surface area contributed by atoms with Crippen molar-refractivity contribution in [1.82, 2.24) is 5.32 Å². The first kappa shape index (κ1) is 19.8. The molecule has 1 aliphatic heterocycles. The average molecular weight is 367 g/mol. The Labute approximate surface area is 162 Å². The second-order valence-corrected chi connectivity index (χ2v) is 7.27. The predicted molar refractivity (Wildman–Crippen MR) is 107 cm³/mol. The van der Waals surface area contributed by atoms with E-state index in [1.807, 2.05) is 56.3 Å². The van der Waals surface area contributed by atoms with E-state index in [9.17, 15) is 0 Å². The molecule has 0 amide bonds. The van der Waals surface area contributed by atoms with Gasteiger partial charge in [0, 0.05) is 6.54 Å². The van der Waals surface area contributed by atoms with Crippen molar-refractivity contribution >= 4 is 0 Å². The molecule has 1 N–H and O–H groups in total. The van der Waals surface area contributed by atoms with Crippen molar-refractivity contribution in [2.45, 2.75) is 51.0 Å². The van der Waals surface area contributed by atoms with E-state index in [0.29, 0.717) is 13.2 Å². The van der Waals surface area contributed by atoms with Crippen LogP contribution in [0.1, 0.15) is 25.0 Å². The molecule has 2 aromatic carbocycles. The number of ether oxygens (including phenoxy) is 3. The van der Waals surface area contributed by atoms with E-state index in [2.05, 4.69) is 36.2 Å². The Hall–Kier alpha value is -1.98. The van der Waals surface area contributed by atoms with Crippen molar-refractivity contribution in [3.63, 3.8) is 0 Å². The van der Waals surface area contributed by atoms with Gasteiger partial charge in [-0.25, -0.2) is 0 Å². The van der Waals surface area contributed by atoms with E-state index < -0.39 is 5.79 Å². The molecule has 0 aliphatic carbocycles. The zero-order valence-electron chi connectivity index (χ0n) is 16.1. The Bertz CT molecular complexity index is 702. The van der Waals surface area contributed by atoms with Crippen LogP contribution in [0.4, 0.5) is 0 Å². The number of rotatable bonds is 9. The number of nitrogens with one attached hydrogen (secondary N) is 1. The Balaban J connectivity index is 1.58. The molecule has 0 spiro atoms. The van der Waals surface area contributed by atoms with Gasteiger partial charge in [-0.3, -0.25) is 0 Å². The molecule has 4 heteroatoms. The monoisotopic (exact) mass is 367 g/mol. The van der Waals surface area contributed by atoms with Gasteiger partial charge in [-0.05, 0) is 25.0 Å². The summed E-state index contributed by atoms with van der Waals surface area (Å²) in [4.78, 5) is 0. The van der Waals surface area contributed by atoms with E-state index in [0.717, 1.165) is 12.1 Å². The molecular weight excluding hydrogens is 338 g/mol. The highest BCUT2D eigenvalue weighted by Gasteiger charge is 2.44. The lowest BCUT2D eigenvalue weighted by atomic mass is 10.1. The van der Waals surface area contributed by atoms with Crippen molar-refractivity contribution in [3.8, 4) is 0 Å². The number of benzene rings is 2. The van der Waals surface area contributed by atoms with Crippen LogP contribution in [-0.4, -0.2) is 30.6 Å². The quantitative estimate of drug-likeness (QED) is 0.678. The van der Waals surface area contributed by atoms with Crippen LogP contribution in [0.5, 0.6) is 0 Å². The fourth-order valence-electron chi connectivity index (χ4n) is 3.33.